The van der Waals surface area contributed by atoms with Crippen molar-refractivity contribution in [3.05, 3.63) is 60.2 Å². The summed E-state index contributed by atoms with van der Waals surface area (Å²) in [5.74, 6) is -0.125. The lowest BCUT2D eigenvalue weighted by Crippen LogP contribution is -2.30. The van der Waals surface area contributed by atoms with Gasteiger partial charge in [-0.2, -0.15) is 5.26 Å². The number of hydrogen-bond donors (Lipinski definition) is 1. The molecule has 1 unspecified atom stereocenters. The smallest absolute Gasteiger partial charge is 0.252 e. The monoisotopic (exact) mass is 305 g/mol. The Morgan fingerprint density at radius 1 is 1.30 bits per heavy atom. The molecule has 1 heterocycles. The summed E-state index contributed by atoms with van der Waals surface area (Å²) in [5, 5.41) is 17.8. The van der Waals surface area contributed by atoms with Crippen LogP contribution in [0.25, 0.3) is 10.8 Å². The van der Waals surface area contributed by atoms with Crippen molar-refractivity contribution >= 4 is 16.7 Å². The first-order valence-electron chi connectivity index (χ1n) is 7.23. The molecule has 0 aliphatic rings. The van der Waals surface area contributed by atoms with Gasteiger partial charge in [0.1, 0.15) is 18.9 Å². The molecule has 0 bridgehead atoms. The van der Waals surface area contributed by atoms with Crippen molar-refractivity contribution in [2.75, 3.05) is 0 Å². The van der Waals surface area contributed by atoms with Crippen LogP contribution in [-0.2, 0) is 11.3 Å². The molecule has 0 radical (unpaired) electrons. The van der Waals surface area contributed by atoms with Crippen molar-refractivity contribution in [3.63, 3.8) is 0 Å². The van der Waals surface area contributed by atoms with Gasteiger partial charge in [-0.05, 0) is 29.3 Å². The quantitative estimate of drug-likeness (QED) is 0.800. The van der Waals surface area contributed by atoms with Crippen LogP contribution in [-0.4, -0.2) is 20.7 Å². The van der Waals surface area contributed by atoms with E-state index in [1.807, 2.05) is 43.3 Å². The Bertz CT molecular complexity index is 893. The molecule has 0 saturated heterocycles. The molecule has 0 spiro atoms. The molecule has 0 aliphatic carbocycles. The number of nitrogens with zero attached hydrogens (tertiary/aromatic N) is 4. The van der Waals surface area contributed by atoms with Crippen molar-refractivity contribution in [3.8, 4) is 6.07 Å². The third-order valence-electron chi connectivity index (χ3n) is 3.59. The minimum atomic E-state index is -0.181. The number of benzene rings is 2. The number of aromatic nitrogens is 3. The van der Waals surface area contributed by atoms with Crippen molar-refractivity contribution in [1.29, 1.82) is 5.26 Å². The lowest BCUT2D eigenvalue weighted by molar-refractivity contribution is -0.122. The third kappa shape index (κ3) is 3.35. The first-order valence-corrected chi connectivity index (χ1v) is 7.23. The van der Waals surface area contributed by atoms with E-state index in [1.54, 1.807) is 0 Å². The van der Waals surface area contributed by atoms with E-state index >= 15 is 0 Å². The Labute approximate surface area is 133 Å². The number of fused-ring (bicyclic) bond motifs is 1. The van der Waals surface area contributed by atoms with Gasteiger partial charge in [-0.25, -0.2) is 9.67 Å². The number of rotatable bonds is 4. The minimum Gasteiger partial charge on any atom is -0.348 e. The van der Waals surface area contributed by atoms with Crippen LogP contribution in [0.4, 0.5) is 0 Å². The van der Waals surface area contributed by atoms with E-state index in [-0.39, 0.29) is 24.3 Å². The first kappa shape index (κ1) is 14.7. The van der Waals surface area contributed by atoms with E-state index in [2.05, 4.69) is 27.5 Å². The Balaban J connectivity index is 1.68. The van der Waals surface area contributed by atoms with Gasteiger partial charge in [0, 0.05) is 0 Å². The number of hydrogen-bond acceptors (Lipinski definition) is 4. The highest BCUT2D eigenvalue weighted by Crippen LogP contribution is 2.20. The van der Waals surface area contributed by atoms with E-state index < -0.39 is 0 Å². The topological polar surface area (TPSA) is 83.6 Å². The molecule has 6 heteroatoms. The molecule has 3 aromatic rings. The van der Waals surface area contributed by atoms with Gasteiger partial charge in [0.25, 0.3) is 5.82 Å². The third-order valence-corrected chi connectivity index (χ3v) is 3.59. The van der Waals surface area contributed by atoms with Gasteiger partial charge >= 0.3 is 0 Å². The number of nitrogens with one attached hydrogen (secondary N) is 1. The fraction of sp³-hybridized carbons (Fsp3) is 0.176. The molecule has 1 atom stereocenters. The van der Waals surface area contributed by atoms with Crippen LogP contribution in [0.15, 0.2) is 48.8 Å². The van der Waals surface area contributed by atoms with Gasteiger partial charge in [-0.15, -0.1) is 5.10 Å². The molecular weight excluding hydrogens is 290 g/mol. The van der Waals surface area contributed by atoms with Gasteiger partial charge in [0.15, 0.2) is 0 Å². The van der Waals surface area contributed by atoms with Gasteiger partial charge < -0.3 is 5.32 Å². The Hall–Kier alpha value is -3.20. The molecule has 1 aromatic heterocycles. The molecule has 114 valence electrons. The molecule has 1 amide bonds. The summed E-state index contributed by atoms with van der Waals surface area (Å²) in [6.07, 6.45) is 1.37. The van der Waals surface area contributed by atoms with Crippen molar-refractivity contribution in [2.45, 2.75) is 19.5 Å². The molecule has 3 rings (SSSR count). The lowest BCUT2D eigenvalue weighted by atomic mass is 10.0. The zero-order valence-electron chi connectivity index (χ0n) is 12.6. The zero-order valence-corrected chi connectivity index (χ0v) is 12.6. The fourth-order valence-electron chi connectivity index (χ4n) is 2.42. The largest absolute Gasteiger partial charge is 0.348 e. The van der Waals surface area contributed by atoms with Crippen LogP contribution in [0, 0.1) is 11.3 Å². The van der Waals surface area contributed by atoms with Crippen LogP contribution in [0.1, 0.15) is 24.4 Å². The lowest BCUT2D eigenvalue weighted by Gasteiger charge is -2.15. The van der Waals surface area contributed by atoms with Crippen molar-refractivity contribution in [2.24, 2.45) is 0 Å². The van der Waals surface area contributed by atoms with Crippen molar-refractivity contribution < 1.29 is 4.79 Å². The molecule has 2 aromatic carbocycles. The summed E-state index contributed by atoms with van der Waals surface area (Å²) in [6.45, 7) is 1.97. The summed E-state index contributed by atoms with van der Waals surface area (Å²) in [5.41, 5.74) is 1.04. The predicted octanol–water partition coefficient (Wildman–Crippen LogP) is 2.18. The van der Waals surface area contributed by atoms with Crippen LogP contribution in [0.2, 0.25) is 0 Å². The number of amides is 1. The summed E-state index contributed by atoms with van der Waals surface area (Å²) in [7, 11) is 0. The zero-order chi connectivity index (χ0) is 16.2. The summed E-state index contributed by atoms with van der Waals surface area (Å²) >= 11 is 0. The summed E-state index contributed by atoms with van der Waals surface area (Å²) in [4.78, 5) is 15.8. The number of carbonyl (C=O) groups is 1. The summed E-state index contributed by atoms with van der Waals surface area (Å²) in [6, 6.07) is 15.9. The van der Waals surface area contributed by atoms with Gasteiger partial charge in [0.05, 0.1) is 6.04 Å². The van der Waals surface area contributed by atoms with E-state index in [0.29, 0.717) is 0 Å². The molecule has 6 nitrogen and oxygen atoms in total. The summed E-state index contributed by atoms with van der Waals surface area (Å²) < 4.78 is 1.35. The van der Waals surface area contributed by atoms with Crippen LogP contribution >= 0.6 is 0 Å². The molecule has 23 heavy (non-hydrogen) atoms. The molecule has 0 aliphatic heterocycles. The second kappa shape index (κ2) is 6.28. The van der Waals surface area contributed by atoms with E-state index in [1.165, 1.54) is 16.4 Å². The van der Waals surface area contributed by atoms with E-state index in [0.717, 1.165) is 10.9 Å². The Kier molecular flexibility index (Phi) is 4.02. The standard InChI is InChI=1S/C17H15N5O/c1-12(14-7-6-13-4-2-3-5-15(13)8-14)20-17(23)10-22-11-19-16(9-18)21-22/h2-8,11-12H,10H2,1H3,(H,20,23). The number of nitriles is 1. The van der Waals surface area contributed by atoms with E-state index in [9.17, 15) is 4.79 Å². The van der Waals surface area contributed by atoms with Gasteiger partial charge in [-0.1, -0.05) is 36.4 Å². The van der Waals surface area contributed by atoms with Crippen molar-refractivity contribution in [1.82, 2.24) is 20.1 Å². The van der Waals surface area contributed by atoms with Crippen LogP contribution in [0.5, 0.6) is 0 Å². The second-order valence-electron chi connectivity index (χ2n) is 5.27. The normalized spacial score (nSPS) is 11.8. The molecule has 1 N–H and O–H groups in total. The SMILES string of the molecule is CC(NC(=O)Cn1cnc(C#N)n1)c1ccc2ccccc2c1. The predicted molar refractivity (Wildman–Crippen MR) is 85.2 cm³/mol. The maximum atomic E-state index is 12.1. The second-order valence-corrected chi connectivity index (χ2v) is 5.27. The van der Waals surface area contributed by atoms with Gasteiger partial charge in [0.2, 0.25) is 5.91 Å². The van der Waals surface area contributed by atoms with Crippen LogP contribution in [0.3, 0.4) is 0 Å². The number of carbonyl (C=O) groups excluding carboxylic acids is 1. The molecular formula is C17H15N5O. The Morgan fingerprint density at radius 2 is 2.09 bits per heavy atom. The van der Waals surface area contributed by atoms with Gasteiger partial charge in [-0.3, -0.25) is 4.79 Å². The fourth-order valence-corrected chi connectivity index (χ4v) is 2.42. The average molecular weight is 305 g/mol. The maximum absolute atomic E-state index is 12.1. The van der Waals surface area contributed by atoms with Crippen LogP contribution < -0.4 is 5.32 Å². The Morgan fingerprint density at radius 3 is 2.83 bits per heavy atom. The average Bonchev–Trinajstić information content (AvgIpc) is 3.01. The highest BCUT2D eigenvalue weighted by Gasteiger charge is 2.11. The first-order chi connectivity index (χ1) is 11.2. The van der Waals surface area contributed by atoms with E-state index in [4.69, 9.17) is 5.26 Å². The maximum Gasteiger partial charge on any atom is 0.252 e. The highest BCUT2D eigenvalue weighted by atomic mass is 16.2. The highest BCUT2D eigenvalue weighted by molar-refractivity contribution is 5.83. The molecule has 0 fully saturated rings. The minimum absolute atomic E-state index is 0.0343. The molecule has 0 saturated carbocycles.